The fourth-order valence-corrected chi connectivity index (χ4v) is 2.13. The van der Waals surface area contributed by atoms with Crippen LogP contribution in [-0.4, -0.2) is 17.1 Å². The van der Waals surface area contributed by atoms with Crippen molar-refractivity contribution in [3.63, 3.8) is 0 Å². The number of nitro groups is 1. The molecule has 0 aliphatic carbocycles. The van der Waals surface area contributed by atoms with E-state index in [0.29, 0.717) is 5.69 Å². The maximum Gasteiger partial charge on any atom is 0.273 e. The summed E-state index contributed by atoms with van der Waals surface area (Å²) in [6.07, 6.45) is 0. The summed E-state index contributed by atoms with van der Waals surface area (Å²) >= 11 is 5.13. The molecule has 0 aliphatic heterocycles. The van der Waals surface area contributed by atoms with Crippen LogP contribution in [0, 0.1) is 22.9 Å². The predicted molar refractivity (Wildman–Crippen MR) is 90.6 cm³/mol. The topological polar surface area (TPSA) is 76.4 Å². The van der Waals surface area contributed by atoms with Crippen LogP contribution in [0.25, 0.3) is 0 Å². The van der Waals surface area contributed by atoms with E-state index in [2.05, 4.69) is 10.6 Å². The number of nitrogens with zero attached hydrogens (tertiary/aromatic N) is 1. The number of methoxy groups -OCH3 is 1. The number of hydrogen-bond acceptors (Lipinski definition) is 4. The highest BCUT2D eigenvalue weighted by molar-refractivity contribution is 7.80. The predicted octanol–water partition coefficient (Wildman–Crippen LogP) is 3.86. The highest BCUT2D eigenvalue weighted by atomic mass is 32.1. The third-order valence-electron chi connectivity index (χ3n) is 3.01. The summed E-state index contributed by atoms with van der Waals surface area (Å²) in [6.45, 7) is 1.83. The number of nitrogens with one attached hydrogen (secondary N) is 2. The van der Waals surface area contributed by atoms with Crippen molar-refractivity contribution in [2.75, 3.05) is 17.7 Å². The summed E-state index contributed by atoms with van der Waals surface area (Å²) in [6, 6.07) is 8.68. The molecule has 0 fully saturated rings. The summed E-state index contributed by atoms with van der Waals surface area (Å²) in [5, 5.41) is 16.5. The number of ether oxygens (including phenoxy) is 1. The van der Waals surface area contributed by atoms with Gasteiger partial charge in [0.15, 0.2) is 5.11 Å². The average Bonchev–Trinajstić information content (AvgIpc) is 2.51. The minimum atomic E-state index is -0.523. The van der Waals surface area contributed by atoms with Crippen molar-refractivity contribution in [3.05, 3.63) is 57.9 Å². The number of anilines is 2. The van der Waals surface area contributed by atoms with Gasteiger partial charge < -0.3 is 15.4 Å². The van der Waals surface area contributed by atoms with Crippen LogP contribution in [0.15, 0.2) is 36.4 Å². The first-order valence-electron chi connectivity index (χ1n) is 6.57. The van der Waals surface area contributed by atoms with E-state index in [0.717, 1.165) is 5.56 Å². The Kier molecular flexibility index (Phi) is 5.07. The van der Waals surface area contributed by atoms with Gasteiger partial charge in [0.25, 0.3) is 5.69 Å². The molecule has 0 spiro atoms. The van der Waals surface area contributed by atoms with Crippen LogP contribution in [0.1, 0.15) is 5.56 Å². The van der Waals surface area contributed by atoms with Crippen LogP contribution in [-0.2, 0) is 0 Å². The lowest BCUT2D eigenvalue weighted by Crippen LogP contribution is -2.20. The highest BCUT2D eigenvalue weighted by Crippen LogP contribution is 2.29. The van der Waals surface area contributed by atoms with Gasteiger partial charge in [0, 0.05) is 6.07 Å². The van der Waals surface area contributed by atoms with Crippen molar-refractivity contribution >= 4 is 34.4 Å². The molecule has 0 bridgehead atoms. The van der Waals surface area contributed by atoms with Gasteiger partial charge in [-0.25, -0.2) is 4.39 Å². The molecule has 2 rings (SSSR count). The number of non-ortho nitro benzene ring substituents is 1. The van der Waals surface area contributed by atoms with E-state index in [1.165, 1.54) is 31.4 Å². The van der Waals surface area contributed by atoms with Crippen LogP contribution in [0.5, 0.6) is 5.75 Å². The Labute approximate surface area is 137 Å². The van der Waals surface area contributed by atoms with Crippen molar-refractivity contribution in [1.82, 2.24) is 0 Å². The molecule has 0 atom stereocenters. The Balaban J connectivity index is 2.17. The van der Waals surface area contributed by atoms with E-state index < -0.39 is 10.7 Å². The second kappa shape index (κ2) is 7.01. The van der Waals surface area contributed by atoms with Gasteiger partial charge >= 0.3 is 0 Å². The Morgan fingerprint density at radius 2 is 1.91 bits per heavy atom. The maximum atomic E-state index is 13.7. The third-order valence-corrected chi connectivity index (χ3v) is 3.22. The second-order valence-corrected chi connectivity index (χ2v) is 5.11. The van der Waals surface area contributed by atoms with Crippen molar-refractivity contribution in [2.24, 2.45) is 0 Å². The molecule has 2 aromatic carbocycles. The Bertz CT molecular complexity index is 768. The first kappa shape index (κ1) is 16.6. The Morgan fingerprint density at radius 1 is 1.22 bits per heavy atom. The molecule has 0 radical (unpaired) electrons. The standard InChI is InChI=1S/C15H14FN3O3S/c1-9-3-5-11(16)13(7-9)18-15(23)17-12-6-4-10(19(20)21)8-14(12)22-2/h3-8H,1-2H3,(H2,17,18,23). The molecule has 0 aliphatic rings. The minimum absolute atomic E-state index is 0.101. The summed E-state index contributed by atoms with van der Waals surface area (Å²) < 4.78 is 18.8. The van der Waals surface area contributed by atoms with E-state index in [-0.39, 0.29) is 22.2 Å². The lowest BCUT2D eigenvalue weighted by atomic mass is 10.2. The monoisotopic (exact) mass is 335 g/mol. The SMILES string of the molecule is COc1cc([N+](=O)[O-])ccc1NC(=S)Nc1cc(C)ccc1F. The Morgan fingerprint density at radius 3 is 2.57 bits per heavy atom. The van der Waals surface area contributed by atoms with Gasteiger partial charge in [0.05, 0.1) is 29.5 Å². The number of aryl methyl sites for hydroxylation is 1. The number of nitro benzene ring substituents is 1. The molecule has 2 N–H and O–H groups in total. The number of rotatable bonds is 4. The lowest BCUT2D eigenvalue weighted by Gasteiger charge is -2.14. The van der Waals surface area contributed by atoms with Crippen LogP contribution in [0.2, 0.25) is 0 Å². The van der Waals surface area contributed by atoms with Crippen molar-refractivity contribution in [3.8, 4) is 5.75 Å². The molecule has 0 saturated heterocycles. The van der Waals surface area contributed by atoms with Crippen molar-refractivity contribution < 1.29 is 14.1 Å². The number of benzene rings is 2. The van der Waals surface area contributed by atoms with Crippen molar-refractivity contribution in [1.29, 1.82) is 0 Å². The van der Waals surface area contributed by atoms with Gasteiger partial charge in [-0.3, -0.25) is 10.1 Å². The molecule has 23 heavy (non-hydrogen) atoms. The zero-order chi connectivity index (χ0) is 17.0. The quantitative estimate of drug-likeness (QED) is 0.502. The largest absolute Gasteiger partial charge is 0.494 e. The number of halogens is 1. The molecular formula is C15H14FN3O3S. The van der Waals surface area contributed by atoms with Crippen molar-refractivity contribution in [2.45, 2.75) is 6.92 Å². The van der Waals surface area contributed by atoms with Gasteiger partial charge in [0.1, 0.15) is 11.6 Å². The molecule has 120 valence electrons. The molecular weight excluding hydrogens is 321 g/mol. The minimum Gasteiger partial charge on any atom is -0.494 e. The molecule has 0 aromatic heterocycles. The van der Waals surface area contributed by atoms with Crippen LogP contribution in [0.4, 0.5) is 21.5 Å². The van der Waals surface area contributed by atoms with Crippen LogP contribution < -0.4 is 15.4 Å². The first-order valence-corrected chi connectivity index (χ1v) is 6.98. The molecule has 8 heteroatoms. The van der Waals surface area contributed by atoms with Crippen LogP contribution >= 0.6 is 12.2 Å². The summed E-state index contributed by atoms with van der Waals surface area (Å²) in [4.78, 5) is 10.2. The first-order chi connectivity index (χ1) is 10.9. The molecule has 2 aromatic rings. The smallest absolute Gasteiger partial charge is 0.273 e. The molecule has 0 unspecified atom stereocenters. The average molecular weight is 335 g/mol. The van der Waals surface area contributed by atoms with Gasteiger partial charge in [-0.15, -0.1) is 0 Å². The molecule has 0 amide bonds. The number of hydrogen-bond donors (Lipinski definition) is 2. The van der Waals surface area contributed by atoms with E-state index in [4.69, 9.17) is 17.0 Å². The molecule has 0 heterocycles. The van der Waals surface area contributed by atoms with Crippen LogP contribution in [0.3, 0.4) is 0 Å². The Hall–Kier alpha value is -2.74. The maximum absolute atomic E-state index is 13.7. The number of thiocarbonyl (C=S) groups is 1. The van der Waals surface area contributed by atoms with E-state index in [9.17, 15) is 14.5 Å². The fourth-order valence-electron chi connectivity index (χ4n) is 1.91. The lowest BCUT2D eigenvalue weighted by molar-refractivity contribution is -0.384. The normalized spacial score (nSPS) is 10.0. The van der Waals surface area contributed by atoms with Gasteiger partial charge in [0.2, 0.25) is 0 Å². The van der Waals surface area contributed by atoms with Gasteiger partial charge in [-0.2, -0.15) is 0 Å². The van der Waals surface area contributed by atoms with E-state index >= 15 is 0 Å². The molecule has 0 saturated carbocycles. The zero-order valence-electron chi connectivity index (χ0n) is 12.4. The molecule has 6 nitrogen and oxygen atoms in total. The summed E-state index contributed by atoms with van der Waals surface area (Å²) in [7, 11) is 1.39. The third kappa shape index (κ3) is 4.13. The van der Waals surface area contributed by atoms with Gasteiger partial charge in [-0.1, -0.05) is 6.07 Å². The fraction of sp³-hybridized carbons (Fsp3) is 0.133. The van der Waals surface area contributed by atoms with E-state index in [1.54, 1.807) is 12.1 Å². The summed E-state index contributed by atoms with van der Waals surface area (Å²) in [5.41, 5.74) is 1.45. The second-order valence-electron chi connectivity index (χ2n) is 4.70. The van der Waals surface area contributed by atoms with Gasteiger partial charge in [-0.05, 0) is 42.9 Å². The summed E-state index contributed by atoms with van der Waals surface area (Å²) in [5.74, 6) is -0.177. The zero-order valence-corrected chi connectivity index (χ0v) is 13.2. The van der Waals surface area contributed by atoms with E-state index in [1.807, 2.05) is 6.92 Å². The highest BCUT2D eigenvalue weighted by Gasteiger charge is 2.13.